The Kier molecular flexibility index (Phi) is 2.89. The van der Waals surface area contributed by atoms with Gasteiger partial charge >= 0.3 is 0 Å². The molecule has 2 heterocycles. The molecule has 19 heavy (non-hydrogen) atoms. The highest BCUT2D eigenvalue weighted by molar-refractivity contribution is 6.30. The van der Waals surface area contributed by atoms with E-state index < -0.39 is 0 Å². The van der Waals surface area contributed by atoms with Crippen LogP contribution in [0.1, 0.15) is 0 Å². The van der Waals surface area contributed by atoms with Crippen LogP contribution in [0.2, 0.25) is 5.02 Å². The number of nitrogens with zero attached hydrogens (tertiary/aromatic N) is 3. The first-order valence-electron chi connectivity index (χ1n) is 5.47. The second-order valence-electron chi connectivity index (χ2n) is 3.83. The summed E-state index contributed by atoms with van der Waals surface area (Å²) in [6, 6.07) is 8.23. The van der Waals surface area contributed by atoms with Crippen molar-refractivity contribution in [2.24, 2.45) is 0 Å². The summed E-state index contributed by atoms with van der Waals surface area (Å²) in [4.78, 5) is 8.20. The topological polar surface area (TPSA) is 72.0 Å². The number of benzene rings is 1. The Bertz CT molecular complexity index is 713. The highest BCUT2D eigenvalue weighted by Gasteiger charge is 2.14. The van der Waals surface area contributed by atoms with Crippen molar-refractivity contribution in [2.75, 3.05) is 0 Å². The largest absolute Gasteiger partial charge is 0.507 e. The number of rotatable bonds is 2. The number of aromatic nitrogens is 3. The van der Waals surface area contributed by atoms with Crippen LogP contribution < -0.4 is 0 Å². The Balaban J connectivity index is 2.04. The van der Waals surface area contributed by atoms with Gasteiger partial charge in [0.05, 0.1) is 5.56 Å². The fourth-order valence-corrected chi connectivity index (χ4v) is 1.80. The van der Waals surface area contributed by atoms with Gasteiger partial charge in [-0.25, -0.2) is 0 Å². The van der Waals surface area contributed by atoms with E-state index in [1.807, 2.05) is 6.07 Å². The summed E-state index contributed by atoms with van der Waals surface area (Å²) >= 11 is 5.88. The van der Waals surface area contributed by atoms with Crippen LogP contribution in [0.15, 0.2) is 47.2 Å². The molecule has 0 radical (unpaired) electrons. The molecule has 0 saturated heterocycles. The molecule has 1 N–H and O–H groups in total. The van der Waals surface area contributed by atoms with Crippen LogP contribution in [0.25, 0.3) is 22.8 Å². The molecule has 0 aliphatic rings. The zero-order valence-electron chi connectivity index (χ0n) is 9.62. The van der Waals surface area contributed by atoms with Gasteiger partial charge < -0.3 is 9.63 Å². The molecule has 94 valence electrons. The molecule has 0 atom stereocenters. The average Bonchev–Trinajstić information content (AvgIpc) is 2.92. The maximum absolute atomic E-state index is 9.77. The molecule has 3 rings (SSSR count). The number of hydrogen-bond acceptors (Lipinski definition) is 5. The van der Waals surface area contributed by atoms with E-state index in [1.165, 1.54) is 6.07 Å². The van der Waals surface area contributed by atoms with Crippen LogP contribution in [0.3, 0.4) is 0 Å². The number of phenols is 1. The first-order chi connectivity index (χ1) is 9.24. The fraction of sp³-hybridized carbons (Fsp3) is 0. The quantitative estimate of drug-likeness (QED) is 0.776. The summed E-state index contributed by atoms with van der Waals surface area (Å²) in [5.41, 5.74) is 1.13. The second kappa shape index (κ2) is 4.70. The Morgan fingerprint density at radius 3 is 2.89 bits per heavy atom. The SMILES string of the molecule is Oc1ccc(Cl)cc1-c1nc(-c2cccnc2)no1. The lowest BCUT2D eigenvalue weighted by Crippen LogP contribution is -1.82. The molecule has 0 aliphatic carbocycles. The van der Waals surface area contributed by atoms with E-state index in [0.717, 1.165) is 5.56 Å². The van der Waals surface area contributed by atoms with Crippen molar-refractivity contribution in [3.8, 4) is 28.6 Å². The highest BCUT2D eigenvalue weighted by atomic mass is 35.5. The van der Waals surface area contributed by atoms with Crippen LogP contribution in [0.4, 0.5) is 0 Å². The summed E-state index contributed by atoms with van der Waals surface area (Å²) in [7, 11) is 0. The van der Waals surface area contributed by atoms with Crippen molar-refractivity contribution in [2.45, 2.75) is 0 Å². The van der Waals surface area contributed by atoms with E-state index in [4.69, 9.17) is 16.1 Å². The van der Waals surface area contributed by atoms with Crippen molar-refractivity contribution in [3.63, 3.8) is 0 Å². The summed E-state index contributed by atoms with van der Waals surface area (Å²) in [5, 5.41) is 14.1. The summed E-state index contributed by atoms with van der Waals surface area (Å²) in [6.07, 6.45) is 3.29. The average molecular weight is 274 g/mol. The van der Waals surface area contributed by atoms with Crippen LogP contribution in [0.5, 0.6) is 5.75 Å². The minimum Gasteiger partial charge on any atom is -0.507 e. The number of pyridine rings is 1. The maximum Gasteiger partial charge on any atom is 0.262 e. The Morgan fingerprint density at radius 1 is 1.21 bits per heavy atom. The van der Waals surface area contributed by atoms with Gasteiger partial charge in [-0.15, -0.1) is 0 Å². The number of phenolic OH excluding ortho intramolecular Hbond substituents is 1. The molecule has 0 spiro atoms. The van der Waals surface area contributed by atoms with Crippen LogP contribution in [-0.4, -0.2) is 20.2 Å². The number of hydrogen-bond donors (Lipinski definition) is 1. The molecule has 2 aromatic heterocycles. The predicted octanol–water partition coefficient (Wildman–Crippen LogP) is 3.16. The molecule has 3 aromatic rings. The van der Waals surface area contributed by atoms with Crippen molar-refractivity contribution in [3.05, 3.63) is 47.7 Å². The van der Waals surface area contributed by atoms with E-state index in [9.17, 15) is 5.11 Å². The molecule has 0 saturated carbocycles. The van der Waals surface area contributed by atoms with Crippen LogP contribution in [0, 0.1) is 0 Å². The molecule has 5 nitrogen and oxygen atoms in total. The molecular formula is C13H8ClN3O2. The summed E-state index contributed by atoms with van der Waals surface area (Å²) in [5.74, 6) is 0.645. The van der Waals surface area contributed by atoms with Crippen molar-refractivity contribution in [1.82, 2.24) is 15.1 Å². The smallest absolute Gasteiger partial charge is 0.262 e. The number of aromatic hydroxyl groups is 1. The van der Waals surface area contributed by atoms with Crippen molar-refractivity contribution in [1.29, 1.82) is 0 Å². The molecule has 0 unspecified atom stereocenters. The molecular weight excluding hydrogens is 266 g/mol. The number of halogens is 1. The fourth-order valence-electron chi connectivity index (χ4n) is 1.62. The van der Waals surface area contributed by atoms with Crippen molar-refractivity contribution >= 4 is 11.6 Å². The Morgan fingerprint density at radius 2 is 2.11 bits per heavy atom. The monoisotopic (exact) mass is 273 g/mol. The molecule has 0 aliphatic heterocycles. The molecule has 6 heteroatoms. The summed E-state index contributed by atoms with van der Waals surface area (Å²) in [6.45, 7) is 0. The van der Waals surface area contributed by atoms with Gasteiger partial charge in [-0.3, -0.25) is 4.98 Å². The van der Waals surface area contributed by atoms with Gasteiger partial charge in [-0.2, -0.15) is 4.98 Å². The first-order valence-corrected chi connectivity index (χ1v) is 5.85. The van der Waals surface area contributed by atoms with E-state index in [2.05, 4.69) is 15.1 Å². The molecule has 0 bridgehead atoms. The van der Waals surface area contributed by atoms with E-state index in [1.54, 1.807) is 30.6 Å². The van der Waals surface area contributed by atoms with Gasteiger partial charge in [0.15, 0.2) is 0 Å². The van der Waals surface area contributed by atoms with Gasteiger partial charge in [0.25, 0.3) is 5.89 Å². The second-order valence-corrected chi connectivity index (χ2v) is 4.26. The normalized spacial score (nSPS) is 10.6. The minimum atomic E-state index is 0.0331. The van der Waals surface area contributed by atoms with Gasteiger partial charge in [-0.1, -0.05) is 16.8 Å². The molecule has 1 aromatic carbocycles. The lowest BCUT2D eigenvalue weighted by atomic mass is 10.2. The first kappa shape index (κ1) is 11.7. The summed E-state index contributed by atoms with van der Waals surface area (Å²) < 4.78 is 5.13. The van der Waals surface area contributed by atoms with E-state index in [0.29, 0.717) is 16.4 Å². The van der Waals surface area contributed by atoms with Crippen molar-refractivity contribution < 1.29 is 9.63 Å². The molecule has 0 fully saturated rings. The van der Waals surface area contributed by atoms with Gasteiger partial charge in [0.1, 0.15) is 5.75 Å². The maximum atomic E-state index is 9.77. The Hall–Kier alpha value is -2.40. The molecule has 0 amide bonds. The van der Waals surface area contributed by atoms with E-state index >= 15 is 0 Å². The third-order valence-electron chi connectivity index (χ3n) is 2.53. The third-order valence-corrected chi connectivity index (χ3v) is 2.77. The standard InChI is InChI=1S/C13H8ClN3O2/c14-9-3-4-11(18)10(6-9)13-16-12(17-19-13)8-2-1-5-15-7-8/h1-7,18H. The third kappa shape index (κ3) is 2.28. The highest BCUT2D eigenvalue weighted by Crippen LogP contribution is 2.31. The zero-order chi connectivity index (χ0) is 13.2. The van der Waals surface area contributed by atoms with Gasteiger partial charge in [0.2, 0.25) is 5.82 Å². The van der Waals surface area contributed by atoms with Gasteiger partial charge in [0, 0.05) is 23.0 Å². The predicted molar refractivity (Wildman–Crippen MR) is 69.6 cm³/mol. The van der Waals surface area contributed by atoms with E-state index in [-0.39, 0.29) is 11.6 Å². The van der Waals surface area contributed by atoms with Gasteiger partial charge in [-0.05, 0) is 30.3 Å². The van der Waals surface area contributed by atoms with Crippen LogP contribution in [-0.2, 0) is 0 Å². The van der Waals surface area contributed by atoms with Crippen LogP contribution >= 0.6 is 11.6 Å². The lowest BCUT2D eigenvalue weighted by molar-refractivity contribution is 0.425. The Labute approximate surface area is 113 Å². The zero-order valence-corrected chi connectivity index (χ0v) is 10.4. The lowest BCUT2D eigenvalue weighted by Gasteiger charge is -1.98. The minimum absolute atomic E-state index is 0.0331.